The van der Waals surface area contributed by atoms with E-state index in [-0.39, 0.29) is 5.25 Å². The zero-order chi connectivity index (χ0) is 31.9. The molecule has 48 heavy (non-hydrogen) atoms. The van der Waals surface area contributed by atoms with Gasteiger partial charge >= 0.3 is 0 Å². The van der Waals surface area contributed by atoms with Crippen LogP contribution in [0.1, 0.15) is 28.4 Å². The summed E-state index contributed by atoms with van der Waals surface area (Å²) in [4.78, 5) is 20.7. The lowest BCUT2D eigenvalue weighted by molar-refractivity contribution is -0.0283. The van der Waals surface area contributed by atoms with Gasteiger partial charge in [0.05, 0.1) is 11.2 Å². The lowest BCUT2D eigenvalue weighted by atomic mass is 9.91. The Morgan fingerprint density at radius 3 is 2.10 bits per heavy atom. The first kappa shape index (κ1) is 28.9. The van der Waals surface area contributed by atoms with E-state index >= 15 is 0 Å². The maximum Gasteiger partial charge on any atom is 0.242 e. The van der Waals surface area contributed by atoms with Crippen LogP contribution in [0.5, 0.6) is 0 Å². The number of anilines is 3. The summed E-state index contributed by atoms with van der Waals surface area (Å²) in [6.45, 7) is 3.68. The summed E-state index contributed by atoms with van der Waals surface area (Å²) < 4.78 is 0. The van der Waals surface area contributed by atoms with Crippen molar-refractivity contribution in [1.82, 2.24) is 4.98 Å². The lowest BCUT2D eigenvalue weighted by Gasteiger charge is -2.39. The number of oxime groups is 1. The van der Waals surface area contributed by atoms with Crippen molar-refractivity contribution in [1.29, 1.82) is 0 Å². The highest BCUT2D eigenvalue weighted by Gasteiger charge is 2.53. The fourth-order valence-corrected chi connectivity index (χ4v) is 8.72. The number of benzene rings is 5. The molecular formula is C41H35N5OS. The van der Waals surface area contributed by atoms with Gasteiger partial charge in [-0.1, -0.05) is 114 Å². The quantitative estimate of drug-likeness (QED) is 0.187. The molecule has 0 saturated carbocycles. The third-order valence-corrected chi connectivity index (χ3v) is 11.0. The number of thioether (sulfide) groups is 1. The molecule has 0 bridgehead atoms. The Morgan fingerprint density at radius 2 is 1.31 bits per heavy atom. The fraction of sp³-hybridized carbons (Fsp3) is 0.171. The van der Waals surface area contributed by atoms with Crippen LogP contribution in [-0.2, 0) is 10.6 Å². The first-order valence-corrected chi connectivity index (χ1v) is 17.5. The minimum atomic E-state index is -0.856. The molecule has 6 nitrogen and oxygen atoms in total. The molecule has 3 aliphatic heterocycles. The van der Waals surface area contributed by atoms with Gasteiger partial charge in [-0.3, -0.25) is 4.90 Å². The Morgan fingerprint density at radius 1 is 0.667 bits per heavy atom. The van der Waals surface area contributed by atoms with Gasteiger partial charge in [-0.15, -0.1) is 11.8 Å². The first-order chi connectivity index (χ1) is 23.8. The monoisotopic (exact) mass is 645 g/mol. The molecule has 0 spiro atoms. The van der Waals surface area contributed by atoms with Gasteiger partial charge < -0.3 is 14.6 Å². The molecule has 7 heteroatoms. The third kappa shape index (κ3) is 4.97. The first-order valence-electron chi connectivity index (χ1n) is 16.6. The molecule has 2 unspecified atom stereocenters. The van der Waals surface area contributed by atoms with Crippen LogP contribution >= 0.6 is 11.8 Å². The summed E-state index contributed by atoms with van der Waals surface area (Å²) in [6.07, 6.45) is 0.674. The molecule has 0 radical (unpaired) electrons. The predicted molar refractivity (Wildman–Crippen MR) is 197 cm³/mol. The van der Waals surface area contributed by atoms with Crippen molar-refractivity contribution in [3.05, 3.63) is 162 Å². The van der Waals surface area contributed by atoms with Gasteiger partial charge in [0, 0.05) is 70.5 Å². The second kappa shape index (κ2) is 12.1. The average molecular weight is 646 g/mol. The molecule has 1 aromatic heterocycles. The highest BCUT2D eigenvalue weighted by atomic mass is 32.2. The number of para-hydroxylation sites is 3. The number of piperazine rings is 1. The summed E-state index contributed by atoms with van der Waals surface area (Å²) in [7, 11) is 0. The van der Waals surface area contributed by atoms with Gasteiger partial charge in [0.15, 0.2) is 5.84 Å². The van der Waals surface area contributed by atoms with E-state index in [2.05, 4.69) is 154 Å². The molecule has 2 atom stereocenters. The largest absolute Gasteiger partial charge is 0.368 e. The molecular weight excluding hydrogens is 611 g/mol. The van der Waals surface area contributed by atoms with Crippen molar-refractivity contribution in [2.24, 2.45) is 5.16 Å². The van der Waals surface area contributed by atoms with E-state index in [1.165, 1.54) is 16.1 Å². The molecule has 0 amide bonds. The van der Waals surface area contributed by atoms with Crippen molar-refractivity contribution in [2.75, 3.05) is 40.9 Å². The van der Waals surface area contributed by atoms with Crippen LogP contribution < -0.4 is 14.7 Å². The molecule has 0 aliphatic carbocycles. The zero-order valence-electron chi connectivity index (χ0n) is 26.5. The number of fused-ring (bicyclic) bond motifs is 4. The summed E-state index contributed by atoms with van der Waals surface area (Å²) >= 11 is 1.91. The van der Waals surface area contributed by atoms with Gasteiger partial charge in [-0.05, 0) is 36.4 Å². The topological polar surface area (TPSA) is 44.2 Å². The van der Waals surface area contributed by atoms with Gasteiger partial charge in [-0.25, -0.2) is 4.98 Å². The smallest absolute Gasteiger partial charge is 0.242 e. The number of nitrogens with zero attached hydrogens (tertiary/aromatic N) is 5. The lowest BCUT2D eigenvalue weighted by Crippen LogP contribution is -2.48. The molecule has 236 valence electrons. The Bertz CT molecular complexity index is 2100. The molecule has 3 aliphatic rings. The molecule has 6 aromatic rings. The van der Waals surface area contributed by atoms with E-state index in [0.29, 0.717) is 6.42 Å². The maximum absolute atomic E-state index is 6.78. The molecule has 1 saturated heterocycles. The van der Waals surface area contributed by atoms with Crippen LogP contribution in [0.2, 0.25) is 0 Å². The van der Waals surface area contributed by atoms with Gasteiger partial charge in [0.1, 0.15) is 5.82 Å². The number of hydrogen-bond acceptors (Lipinski definition) is 7. The van der Waals surface area contributed by atoms with Crippen LogP contribution in [0.3, 0.4) is 0 Å². The average Bonchev–Trinajstić information content (AvgIpc) is 3.48. The van der Waals surface area contributed by atoms with Gasteiger partial charge in [-0.2, -0.15) is 0 Å². The summed E-state index contributed by atoms with van der Waals surface area (Å²) in [6, 6.07) is 51.3. The number of pyridine rings is 1. The minimum absolute atomic E-state index is 0.0286. The molecule has 9 rings (SSSR count). The number of aromatic nitrogens is 1. The Labute approximate surface area is 285 Å². The van der Waals surface area contributed by atoms with E-state index in [4.69, 9.17) is 15.0 Å². The molecule has 4 heterocycles. The third-order valence-electron chi connectivity index (χ3n) is 9.73. The Kier molecular flexibility index (Phi) is 7.27. The minimum Gasteiger partial charge on any atom is -0.368 e. The second-order valence-electron chi connectivity index (χ2n) is 12.5. The number of amidine groups is 1. The van der Waals surface area contributed by atoms with E-state index < -0.39 is 5.72 Å². The predicted octanol–water partition coefficient (Wildman–Crippen LogP) is 8.85. The highest BCUT2D eigenvalue weighted by molar-refractivity contribution is 7.99. The standard InChI is InChI=1S/C41H35N5OS/c1-4-14-30(15-5-1)39-43-47-41(32-17-6-2-7-18-32)29-38(48-37-23-13-12-22-36(37)46(39)41)34-28-31-16-10-11-21-35(31)42-40(34)45-26-24-44(25-27-45)33-19-8-3-9-20-33/h1-23,28,38H,24-27,29H2. The summed E-state index contributed by atoms with van der Waals surface area (Å²) in [5.41, 5.74) is 5.87. The van der Waals surface area contributed by atoms with Crippen LogP contribution in [0.15, 0.2) is 156 Å². The van der Waals surface area contributed by atoms with E-state index in [0.717, 1.165) is 65.5 Å². The van der Waals surface area contributed by atoms with E-state index in [1.54, 1.807) is 0 Å². The van der Waals surface area contributed by atoms with Gasteiger partial charge in [0.25, 0.3) is 0 Å². The second-order valence-corrected chi connectivity index (χ2v) is 13.8. The van der Waals surface area contributed by atoms with Crippen molar-refractivity contribution >= 4 is 45.7 Å². The van der Waals surface area contributed by atoms with E-state index in [9.17, 15) is 0 Å². The van der Waals surface area contributed by atoms with Crippen LogP contribution in [0.25, 0.3) is 10.9 Å². The fourth-order valence-electron chi connectivity index (χ4n) is 7.36. The Balaban J connectivity index is 1.18. The van der Waals surface area contributed by atoms with Crippen LogP contribution in [-0.4, -0.2) is 37.0 Å². The van der Waals surface area contributed by atoms with E-state index in [1.807, 2.05) is 17.8 Å². The normalized spacial score (nSPS) is 20.5. The van der Waals surface area contributed by atoms with Crippen LogP contribution in [0.4, 0.5) is 17.2 Å². The SMILES string of the molecule is c1ccc(C2=NOC3(c4ccccc4)CC(c4cc5ccccc5nc4N4CCN(c5ccccc5)CC4)Sc4ccccc4N23)cc1. The summed E-state index contributed by atoms with van der Waals surface area (Å²) in [5.74, 6) is 1.89. The van der Waals surface area contributed by atoms with Crippen molar-refractivity contribution < 1.29 is 4.84 Å². The zero-order valence-corrected chi connectivity index (χ0v) is 27.3. The molecule has 5 aromatic carbocycles. The molecule has 0 N–H and O–H groups in total. The van der Waals surface area contributed by atoms with Crippen molar-refractivity contribution in [3.63, 3.8) is 0 Å². The summed E-state index contributed by atoms with van der Waals surface area (Å²) in [5, 5.41) is 6.05. The Hall–Kier alpha value is -5.27. The number of hydrogen-bond donors (Lipinski definition) is 0. The van der Waals surface area contributed by atoms with Crippen molar-refractivity contribution in [2.45, 2.75) is 22.3 Å². The number of rotatable bonds is 5. The van der Waals surface area contributed by atoms with Gasteiger partial charge in [0.2, 0.25) is 5.72 Å². The van der Waals surface area contributed by atoms with Crippen molar-refractivity contribution in [3.8, 4) is 0 Å². The maximum atomic E-state index is 6.78. The highest BCUT2D eigenvalue weighted by Crippen LogP contribution is 2.57. The molecule has 1 fully saturated rings. The van der Waals surface area contributed by atoms with Crippen LogP contribution in [0, 0.1) is 0 Å².